The number of thiophene rings is 1. The van der Waals surface area contributed by atoms with Crippen LogP contribution in [-0.4, -0.2) is 43.1 Å². The van der Waals surface area contributed by atoms with E-state index in [0.29, 0.717) is 19.2 Å². The summed E-state index contributed by atoms with van der Waals surface area (Å²) in [6, 6.07) is 4.15. The number of alkyl halides is 3. The number of likely N-dealkylation sites (N-methyl/N-ethyl adjacent to an activating group) is 1. The average Bonchev–Trinajstić information content (AvgIpc) is 3.19. The predicted octanol–water partition coefficient (Wildman–Crippen LogP) is 4.50. The van der Waals surface area contributed by atoms with Crippen LogP contribution >= 0.6 is 11.3 Å². The molecule has 0 radical (unpaired) electrons. The summed E-state index contributed by atoms with van der Waals surface area (Å²) in [4.78, 5) is 9.66. The van der Waals surface area contributed by atoms with Crippen LogP contribution in [0.1, 0.15) is 16.7 Å². The van der Waals surface area contributed by atoms with Crippen LogP contribution in [0.2, 0.25) is 0 Å². The summed E-state index contributed by atoms with van der Waals surface area (Å²) in [5.74, 6) is -0.792. The summed E-state index contributed by atoms with van der Waals surface area (Å²) in [6.45, 7) is 1.42. The number of anilines is 2. The molecule has 0 bridgehead atoms. The van der Waals surface area contributed by atoms with Gasteiger partial charge >= 0.3 is 6.18 Å². The Bertz CT molecular complexity index is 1290. The fourth-order valence-corrected chi connectivity index (χ4v) is 5.43. The molecule has 1 aromatic carbocycles. The maximum atomic E-state index is 14.6. The van der Waals surface area contributed by atoms with E-state index in [9.17, 15) is 26.0 Å². The molecule has 0 unspecified atom stereocenters. The highest BCUT2D eigenvalue weighted by atomic mass is 32.2. The summed E-state index contributed by atoms with van der Waals surface area (Å²) < 4.78 is 78.7. The first-order valence-electron chi connectivity index (χ1n) is 9.42. The summed E-state index contributed by atoms with van der Waals surface area (Å²) in [6.07, 6.45) is -2.49. The molecular formula is C20H18F4N4O2S2. The molecule has 0 saturated heterocycles. The summed E-state index contributed by atoms with van der Waals surface area (Å²) in [7, 11) is -1.66. The van der Waals surface area contributed by atoms with Crippen molar-refractivity contribution in [3.05, 3.63) is 52.3 Å². The Hall–Kier alpha value is -2.57. The number of aromatic nitrogens is 2. The highest BCUT2D eigenvalue weighted by molar-refractivity contribution is 7.90. The van der Waals surface area contributed by atoms with Gasteiger partial charge in [-0.15, -0.1) is 11.3 Å². The van der Waals surface area contributed by atoms with Crippen LogP contribution in [0, 0.1) is 5.82 Å². The molecule has 0 atom stereocenters. The number of fused-ring (bicyclic) bond motifs is 1. The number of nitrogens with one attached hydrogen (secondary N) is 1. The zero-order chi connectivity index (χ0) is 23.3. The molecule has 2 aromatic heterocycles. The molecule has 3 heterocycles. The van der Waals surface area contributed by atoms with Crippen molar-refractivity contribution >= 4 is 32.8 Å². The second kappa shape index (κ2) is 8.09. The fourth-order valence-electron chi connectivity index (χ4n) is 3.41. The Morgan fingerprint density at radius 1 is 1.19 bits per heavy atom. The lowest BCUT2D eigenvalue weighted by Crippen LogP contribution is -2.26. The van der Waals surface area contributed by atoms with Crippen LogP contribution in [0.25, 0.3) is 10.6 Å². The molecule has 0 aliphatic carbocycles. The Labute approximate surface area is 185 Å². The van der Waals surface area contributed by atoms with E-state index < -0.39 is 33.1 Å². The molecular weight excluding hydrogens is 468 g/mol. The third-order valence-electron chi connectivity index (χ3n) is 5.07. The minimum absolute atomic E-state index is 0.00994. The van der Waals surface area contributed by atoms with E-state index in [2.05, 4.69) is 20.2 Å². The van der Waals surface area contributed by atoms with Gasteiger partial charge < -0.3 is 10.2 Å². The first-order valence-corrected chi connectivity index (χ1v) is 12.2. The lowest BCUT2D eigenvalue weighted by molar-refractivity contribution is -0.137. The minimum Gasteiger partial charge on any atom is -0.322 e. The van der Waals surface area contributed by atoms with Crippen LogP contribution in [-0.2, 0) is 29.0 Å². The van der Waals surface area contributed by atoms with Gasteiger partial charge in [-0.3, -0.25) is 0 Å². The largest absolute Gasteiger partial charge is 0.420 e. The molecule has 1 aliphatic heterocycles. The van der Waals surface area contributed by atoms with Gasteiger partial charge in [-0.2, -0.15) is 13.2 Å². The van der Waals surface area contributed by atoms with Crippen molar-refractivity contribution in [2.75, 3.05) is 25.2 Å². The maximum absolute atomic E-state index is 14.6. The molecule has 6 nitrogen and oxygen atoms in total. The van der Waals surface area contributed by atoms with Crippen molar-refractivity contribution in [3.63, 3.8) is 0 Å². The number of hydrogen-bond acceptors (Lipinski definition) is 7. The van der Waals surface area contributed by atoms with Crippen molar-refractivity contribution in [2.24, 2.45) is 0 Å². The van der Waals surface area contributed by atoms with Crippen LogP contribution in [0.5, 0.6) is 0 Å². The predicted molar refractivity (Wildman–Crippen MR) is 113 cm³/mol. The van der Waals surface area contributed by atoms with Crippen molar-refractivity contribution in [2.45, 2.75) is 24.0 Å². The van der Waals surface area contributed by atoms with Gasteiger partial charge in [0, 0.05) is 30.9 Å². The summed E-state index contributed by atoms with van der Waals surface area (Å²) >= 11 is 0.820. The van der Waals surface area contributed by atoms with Crippen molar-refractivity contribution in [1.29, 1.82) is 0 Å². The number of nitrogens with zero attached hydrogens (tertiary/aromatic N) is 3. The van der Waals surface area contributed by atoms with Crippen molar-refractivity contribution in [3.8, 4) is 10.6 Å². The standard InChI is InChI=1S/C20H18F4N4O2S2/c1-28-4-3-11-5-15(21)16(6-12(11)9-28)26-19-25-8-14(20(22,23)24)18(27-19)17-7-13(10-31-17)32(2,29)30/h5-8,10H,3-4,9H2,1-2H3,(H,25,26,27). The molecule has 32 heavy (non-hydrogen) atoms. The molecule has 12 heteroatoms. The molecule has 0 saturated carbocycles. The quantitative estimate of drug-likeness (QED) is 0.548. The van der Waals surface area contributed by atoms with E-state index in [1.165, 1.54) is 11.4 Å². The number of hydrogen-bond donors (Lipinski definition) is 1. The van der Waals surface area contributed by atoms with Crippen molar-refractivity contribution < 1.29 is 26.0 Å². The van der Waals surface area contributed by atoms with Gasteiger partial charge in [0.15, 0.2) is 9.84 Å². The number of halogens is 4. The molecule has 170 valence electrons. The minimum atomic E-state index is -4.76. The highest BCUT2D eigenvalue weighted by Gasteiger charge is 2.36. The topological polar surface area (TPSA) is 75.2 Å². The van der Waals surface area contributed by atoms with E-state index in [1.807, 2.05) is 7.05 Å². The third kappa shape index (κ3) is 4.62. The molecule has 1 N–H and O–H groups in total. The number of benzene rings is 1. The molecule has 3 aromatic rings. The van der Waals surface area contributed by atoms with Gasteiger partial charge in [0.1, 0.15) is 11.4 Å². The second-order valence-electron chi connectivity index (χ2n) is 7.59. The van der Waals surface area contributed by atoms with Gasteiger partial charge in [0.2, 0.25) is 5.95 Å². The van der Waals surface area contributed by atoms with Crippen LogP contribution < -0.4 is 5.32 Å². The van der Waals surface area contributed by atoms with E-state index >= 15 is 0 Å². The molecule has 4 rings (SSSR count). The Balaban J connectivity index is 1.75. The van der Waals surface area contributed by atoms with Gasteiger partial charge in [0.05, 0.1) is 21.2 Å². The van der Waals surface area contributed by atoms with Gasteiger partial charge in [-0.25, -0.2) is 22.8 Å². The van der Waals surface area contributed by atoms with E-state index in [-0.39, 0.29) is 21.4 Å². The second-order valence-corrected chi connectivity index (χ2v) is 10.5. The lowest BCUT2D eigenvalue weighted by atomic mass is 9.99. The van der Waals surface area contributed by atoms with E-state index in [4.69, 9.17) is 0 Å². The SMILES string of the molecule is CN1CCc2cc(F)c(Nc3ncc(C(F)(F)F)c(-c4cc(S(C)(=O)=O)cs4)n3)cc2C1. The highest BCUT2D eigenvalue weighted by Crippen LogP contribution is 2.39. The molecule has 0 amide bonds. The van der Waals surface area contributed by atoms with Crippen molar-refractivity contribution in [1.82, 2.24) is 14.9 Å². The van der Waals surface area contributed by atoms with Gasteiger partial charge in [-0.05, 0) is 42.8 Å². The van der Waals surface area contributed by atoms with E-state index in [0.717, 1.165) is 41.3 Å². The number of rotatable bonds is 4. The maximum Gasteiger partial charge on any atom is 0.420 e. The average molecular weight is 487 g/mol. The summed E-state index contributed by atoms with van der Waals surface area (Å²) in [5.41, 5.74) is 0.246. The van der Waals surface area contributed by atoms with Gasteiger partial charge in [0.25, 0.3) is 0 Å². The fraction of sp³-hybridized carbons (Fsp3) is 0.300. The zero-order valence-corrected chi connectivity index (χ0v) is 18.6. The molecule has 0 spiro atoms. The van der Waals surface area contributed by atoms with E-state index in [1.54, 1.807) is 6.07 Å². The number of sulfone groups is 1. The van der Waals surface area contributed by atoms with Gasteiger partial charge in [-0.1, -0.05) is 0 Å². The molecule has 1 aliphatic rings. The third-order valence-corrected chi connectivity index (χ3v) is 7.25. The summed E-state index contributed by atoms with van der Waals surface area (Å²) in [5, 5.41) is 3.92. The first kappa shape index (κ1) is 22.6. The van der Waals surface area contributed by atoms with Crippen LogP contribution in [0.4, 0.5) is 29.2 Å². The smallest absolute Gasteiger partial charge is 0.322 e. The Kier molecular flexibility index (Phi) is 5.72. The Morgan fingerprint density at radius 2 is 1.94 bits per heavy atom. The Morgan fingerprint density at radius 3 is 2.59 bits per heavy atom. The lowest BCUT2D eigenvalue weighted by Gasteiger charge is -2.25. The van der Waals surface area contributed by atoms with Crippen LogP contribution in [0.15, 0.2) is 34.7 Å². The normalized spacial score (nSPS) is 14.9. The first-order chi connectivity index (χ1) is 14.9. The monoisotopic (exact) mass is 486 g/mol. The van der Waals surface area contributed by atoms with Crippen LogP contribution in [0.3, 0.4) is 0 Å². The zero-order valence-electron chi connectivity index (χ0n) is 17.0. The molecule has 0 fully saturated rings.